The molecule has 1 amide bonds. The first-order valence-corrected chi connectivity index (χ1v) is 6.21. The molecule has 0 bridgehead atoms. The van der Waals surface area contributed by atoms with Gasteiger partial charge in [0.25, 0.3) is 0 Å². The highest BCUT2D eigenvalue weighted by molar-refractivity contribution is 9.10. The van der Waals surface area contributed by atoms with Crippen LogP contribution in [0.2, 0.25) is 0 Å². The van der Waals surface area contributed by atoms with Gasteiger partial charge in [-0.25, -0.2) is 4.98 Å². The molecule has 2 atom stereocenters. The number of nitrogens with one attached hydrogen (secondary N) is 1. The second-order valence-corrected chi connectivity index (χ2v) is 4.97. The van der Waals surface area contributed by atoms with Crippen molar-refractivity contribution >= 4 is 33.6 Å². The van der Waals surface area contributed by atoms with Gasteiger partial charge in [-0.1, -0.05) is 6.42 Å². The third-order valence-corrected chi connectivity index (χ3v) is 3.55. The molecule has 0 unspecified atom stereocenters. The largest absolute Gasteiger partial charge is 0.369 e. The maximum atomic E-state index is 11.3. The van der Waals surface area contributed by atoms with E-state index >= 15 is 0 Å². The zero-order chi connectivity index (χ0) is 12.4. The van der Waals surface area contributed by atoms with Crippen molar-refractivity contribution < 1.29 is 4.79 Å². The molecule has 0 aromatic carbocycles. The van der Waals surface area contributed by atoms with E-state index in [9.17, 15) is 4.79 Å². The summed E-state index contributed by atoms with van der Waals surface area (Å²) >= 11 is 3.34. The molecule has 5 N–H and O–H groups in total. The Kier molecular flexibility index (Phi) is 3.46. The molecule has 0 aliphatic heterocycles. The summed E-state index contributed by atoms with van der Waals surface area (Å²) in [6.45, 7) is 0. The number of anilines is 2. The van der Waals surface area contributed by atoms with E-state index < -0.39 is 0 Å². The number of hydrogen-bond acceptors (Lipinski definition) is 5. The van der Waals surface area contributed by atoms with Gasteiger partial charge in [-0.3, -0.25) is 4.79 Å². The zero-order valence-corrected chi connectivity index (χ0v) is 10.8. The topological polar surface area (TPSA) is 107 Å². The number of carbonyl (C=O) groups is 1. The second kappa shape index (κ2) is 4.87. The Morgan fingerprint density at radius 3 is 3.00 bits per heavy atom. The molecule has 1 aliphatic rings. The van der Waals surface area contributed by atoms with Crippen molar-refractivity contribution in [3.05, 3.63) is 10.7 Å². The molecular formula is C10H14BrN5O. The van der Waals surface area contributed by atoms with Crippen molar-refractivity contribution in [3.63, 3.8) is 0 Å². The van der Waals surface area contributed by atoms with Crippen molar-refractivity contribution in [2.75, 3.05) is 11.1 Å². The van der Waals surface area contributed by atoms with Gasteiger partial charge in [0.15, 0.2) is 0 Å². The van der Waals surface area contributed by atoms with Gasteiger partial charge in [0.05, 0.1) is 10.4 Å². The van der Waals surface area contributed by atoms with Crippen LogP contribution in [0.4, 0.5) is 11.8 Å². The van der Waals surface area contributed by atoms with Crippen LogP contribution in [0.3, 0.4) is 0 Å². The smallest absolute Gasteiger partial charge is 0.222 e. The highest BCUT2D eigenvalue weighted by Crippen LogP contribution is 2.30. The van der Waals surface area contributed by atoms with Gasteiger partial charge in [0, 0.05) is 12.2 Å². The number of halogens is 1. The minimum atomic E-state index is -0.266. The first-order valence-electron chi connectivity index (χ1n) is 5.42. The highest BCUT2D eigenvalue weighted by atomic mass is 79.9. The Balaban J connectivity index is 2.15. The molecule has 0 saturated heterocycles. The van der Waals surface area contributed by atoms with E-state index in [2.05, 4.69) is 31.2 Å². The Labute approximate surface area is 107 Å². The average molecular weight is 300 g/mol. The minimum Gasteiger partial charge on any atom is -0.369 e. The van der Waals surface area contributed by atoms with Gasteiger partial charge in [0.2, 0.25) is 11.9 Å². The van der Waals surface area contributed by atoms with Crippen LogP contribution < -0.4 is 16.8 Å². The van der Waals surface area contributed by atoms with Crippen molar-refractivity contribution in [3.8, 4) is 0 Å². The molecule has 2 rings (SSSR count). The Morgan fingerprint density at radius 1 is 1.53 bits per heavy atom. The van der Waals surface area contributed by atoms with Crippen molar-refractivity contribution in [1.29, 1.82) is 0 Å². The molecule has 17 heavy (non-hydrogen) atoms. The SMILES string of the molecule is NC(=O)[C@H]1CCC[C@H]1Nc1nc(N)ncc1Br. The monoisotopic (exact) mass is 299 g/mol. The normalized spacial score (nSPS) is 23.6. The molecule has 1 heterocycles. The number of aromatic nitrogens is 2. The number of nitrogens with zero attached hydrogens (tertiary/aromatic N) is 2. The van der Waals surface area contributed by atoms with Crippen molar-refractivity contribution in [2.24, 2.45) is 11.7 Å². The lowest BCUT2D eigenvalue weighted by molar-refractivity contribution is -0.121. The van der Waals surface area contributed by atoms with Gasteiger partial charge in [0.1, 0.15) is 5.82 Å². The minimum absolute atomic E-state index is 0.0260. The average Bonchev–Trinajstić information content (AvgIpc) is 2.71. The summed E-state index contributed by atoms with van der Waals surface area (Å²) in [5.74, 6) is 0.399. The number of carbonyl (C=O) groups excluding carboxylic acids is 1. The van der Waals surface area contributed by atoms with Crippen LogP contribution >= 0.6 is 15.9 Å². The predicted octanol–water partition coefficient (Wildman–Crippen LogP) is 0.887. The van der Waals surface area contributed by atoms with Crippen LogP contribution in [0.15, 0.2) is 10.7 Å². The lowest BCUT2D eigenvalue weighted by atomic mass is 10.0. The zero-order valence-electron chi connectivity index (χ0n) is 9.19. The van der Waals surface area contributed by atoms with Crippen molar-refractivity contribution in [2.45, 2.75) is 25.3 Å². The number of hydrogen-bond donors (Lipinski definition) is 3. The van der Waals surface area contributed by atoms with E-state index in [0.717, 1.165) is 23.7 Å². The maximum Gasteiger partial charge on any atom is 0.222 e. The van der Waals surface area contributed by atoms with Gasteiger partial charge in [-0.2, -0.15) is 4.98 Å². The molecular weight excluding hydrogens is 286 g/mol. The standard InChI is InChI=1S/C10H14BrN5O/c11-6-4-14-10(13)16-9(6)15-7-3-1-2-5(7)8(12)17/h4-5,7H,1-3H2,(H2,12,17)(H3,13,14,15,16)/t5-,7+/m0/s1. The van der Waals surface area contributed by atoms with Crippen LogP contribution in [0.25, 0.3) is 0 Å². The molecule has 1 aliphatic carbocycles. The molecule has 1 saturated carbocycles. The van der Waals surface area contributed by atoms with Crippen LogP contribution in [-0.4, -0.2) is 21.9 Å². The summed E-state index contributed by atoms with van der Waals surface area (Å²) in [4.78, 5) is 19.2. The van der Waals surface area contributed by atoms with E-state index in [4.69, 9.17) is 11.5 Å². The summed E-state index contributed by atoms with van der Waals surface area (Å²) in [6, 6.07) is 0.0260. The molecule has 0 radical (unpaired) electrons. The van der Waals surface area contributed by atoms with Crippen LogP contribution in [0.5, 0.6) is 0 Å². The second-order valence-electron chi connectivity index (χ2n) is 4.12. The molecule has 1 aromatic rings. The number of nitrogens with two attached hydrogens (primary N) is 2. The molecule has 0 spiro atoms. The lowest BCUT2D eigenvalue weighted by Gasteiger charge is -2.19. The van der Waals surface area contributed by atoms with Gasteiger partial charge < -0.3 is 16.8 Å². The molecule has 92 valence electrons. The van der Waals surface area contributed by atoms with Crippen molar-refractivity contribution in [1.82, 2.24) is 9.97 Å². The summed E-state index contributed by atoms with van der Waals surface area (Å²) in [6.07, 6.45) is 4.30. The molecule has 1 fully saturated rings. The van der Waals surface area contributed by atoms with E-state index in [-0.39, 0.29) is 23.8 Å². The van der Waals surface area contributed by atoms with Gasteiger partial charge in [-0.15, -0.1) is 0 Å². The van der Waals surface area contributed by atoms with Crippen LogP contribution in [0.1, 0.15) is 19.3 Å². The summed E-state index contributed by atoms with van der Waals surface area (Å²) < 4.78 is 0.724. The van der Waals surface area contributed by atoms with E-state index in [1.165, 1.54) is 0 Å². The molecule has 7 heteroatoms. The fourth-order valence-corrected chi connectivity index (χ4v) is 2.44. The van der Waals surface area contributed by atoms with E-state index in [1.807, 2.05) is 0 Å². The fraction of sp³-hybridized carbons (Fsp3) is 0.500. The summed E-state index contributed by atoms with van der Waals surface area (Å²) in [5.41, 5.74) is 10.9. The number of primary amides is 1. The van der Waals surface area contributed by atoms with Gasteiger partial charge in [-0.05, 0) is 28.8 Å². The maximum absolute atomic E-state index is 11.3. The third-order valence-electron chi connectivity index (χ3n) is 2.97. The Morgan fingerprint density at radius 2 is 2.29 bits per heavy atom. The van der Waals surface area contributed by atoms with Crippen LogP contribution in [-0.2, 0) is 4.79 Å². The predicted molar refractivity (Wildman–Crippen MR) is 68.1 cm³/mol. The fourth-order valence-electron chi connectivity index (χ4n) is 2.13. The third kappa shape index (κ3) is 2.66. The molecule has 6 nitrogen and oxygen atoms in total. The van der Waals surface area contributed by atoms with E-state index in [1.54, 1.807) is 6.20 Å². The first kappa shape index (κ1) is 12.1. The number of nitrogen functional groups attached to an aromatic ring is 1. The Hall–Kier alpha value is -1.37. The highest BCUT2D eigenvalue weighted by Gasteiger charge is 2.32. The number of amides is 1. The quantitative estimate of drug-likeness (QED) is 0.768. The first-order chi connectivity index (χ1) is 8.08. The summed E-state index contributed by atoms with van der Waals surface area (Å²) in [7, 11) is 0. The number of rotatable bonds is 3. The van der Waals surface area contributed by atoms with Gasteiger partial charge >= 0.3 is 0 Å². The Bertz CT molecular complexity index is 439. The van der Waals surface area contributed by atoms with Crippen LogP contribution in [0, 0.1) is 5.92 Å². The summed E-state index contributed by atoms with van der Waals surface area (Å²) in [5, 5.41) is 3.20. The lowest BCUT2D eigenvalue weighted by Crippen LogP contribution is -2.34. The molecule has 1 aromatic heterocycles. The van der Waals surface area contributed by atoms with E-state index in [0.29, 0.717) is 5.82 Å².